The van der Waals surface area contributed by atoms with Crippen molar-refractivity contribution >= 4 is 16.1 Å². The minimum absolute atomic E-state index is 0.215. The summed E-state index contributed by atoms with van der Waals surface area (Å²) in [5.74, 6) is -0.318. The first-order valence-corrected chi connectivity index (χ1v) is 8.44. The van der Waals surface area contributed by atoms with E-state index in [1.807, 2.05) is 0 Å². The minimum Gasteiger partial charge on any atom is -0.491 e. The Kier molecular flexibility index (Phi) is 5.23. The smallest absolute Gasteiger partial charge is 0.281 e. The number of halogens is 1. The van der Waals surface area contributed by atoms with Crippen molar-refractivity contribution in [1.82, 2.24) is 13.9 Å². The van der Waals surface area contributed by atoms with Gasteiger partial charge in [0.05, 0.1) is 12.6 Å². The Morgan fingerprint density at radius 3 is 2.74 bits per heavy atom. The fourth-order valence-corrected chi connectivity index (χ4v) is 3.11. The first-order valence-electron chi connectivity index (χ1n) is 7.04. The van der Waals surface area contributed by atoms with Crippen LogP contribution in [0.3, 0.4) is 0 Å². The maximum absolute atomic E-state index is 13.1. The Bertz CT molecular complexity index is 693. The van der Waals surface area contributed by atoms with E-state index in [4.69, 9.17) is 4.74 Å². The van der Waals surface area contributed by atoms with Crippen LogP contribution in [-0.4, -0.2) is 63.3 Å². The van der Waals surface area contributed by atoms with Crippen molar-refractivity contribution in [3.05, 3.63) is 29.6 Å². The van der Waals surface area contributed by atoms with Gasteiger partial charge in [0.1, 0.15) is 18.2 Å². The third kappa shape index (κ3) is 4.18. The number of carbonyl (C=O) groups is 1. The molecule has 1 aromatic carbocycles. The number of carbonyl (C=O) groups excluding carboxylic acids is 1. The van der Waals surface area contributed by atoms with Gasteiger partial charge >= 0.3 is 0 Å². The van der Waals surface area contributed by atoms with E-state index in [0.29, 0.717) is 12.2 Å². The number of fused-ring (bicyclic) bond motifs is 1. The number of nitrogens with one attached hydrogen (secondary N) is 1. The monoisotopic (exact) mass is 345 g/mol. The largest absolute Gasteiger partial charge is 0.491 e. The molecule has 9 heteroatoms. The van der Waals surface area contributed by atoms with E-state index in [0.717, 1.165) is 14.2 Å². The summed E-state index contributed by atoms with van der Waals surface area (Å²) < 4.78 is 44.3. The average molecular weight is 345 g/mol. The number of hydrogen-bond donors (Lipinski definition) is 1. The second-order valence-electron chi connectivity index (χ2n) is 5.58. The molecule has 0 spiro atoms. The average Bonchev–Trinajstić information content (AvgIpc) is 2.47. The lowest BCUT2D eigenvalue weighted by atomic mass is 10.0. The molecule has 0 radical (unpaired) electrons. The van der Waals surface area contributed by atoms with Gasteiger partial charge in [-0.3, -0.25) is 4.79 Å². The Morgan fingerprint density at radius 1 is 1.39 bits per heavy atom. The second kappa shape index (κ2) is 6.81. The summed E-state index contributed by atoms with van der Waals surface area (Å²) in [5.41, 5.74) is 0.803. The van der Waals surface area contributed by atoms with Crippen molar-refractivity contribution in [2.24, 2.45) is 0 Å². The summed E-state index contributed by atoms with van der Waals surface area (Å²) in [6.07, 6.45) is 0.505. The van der Waals surface area contributed by atoms with Crippen LogP contribution in [0.15, 0.2) is 18.2 Å². The van der Waals surface area contributed by atoms with E-state index in [2.05, 4.69) is 5.32 Å². The van der Waals surface area contributed by atoms with Crippen LogP contribution in [0.2, 0.25) is 0 Å². The predicted octanol–water partition coefficient (Wildman–Crippen LogP) is -0.0164. The Morgan fingerprint density at radius 2 is 2.09 bits per heavy atom. The molecule has 1 aliphatic heterocycles. The molecule has 0 aliphatic carbocycles. The minimum atomic E-state index is -3.63. The van der Waals surface area contributed by atoms with Crippen LogP contribution in [0.1, 0.15) is 5.56 Å². The van der Waals surface area contributed by atoms with Crippen molar-refractivity contribution < 1.29 is 22.3 Å². The Balaban J connectivity index is 1.93. The number of likely N-dealkylation sites (N-methyl/N-ethyl adjacent to an activating group) is 1. The predicted molar refractivity (Wildman–Crippen MR) is 82.8 cm³/mol. The van der Waals surface area contributed by atoms with Crippen LogP contribution < -0.4 is 10.1 Å². The van der Waals surface area contributed by atoms with E-state index in [1.165, 1.54) is 33.3 Å². The number of nitrogens with zero attached hydrogens (tertiary/aromatic N) is 2. The van der Waals surface area contributed by atoms with Crippen LogP contribution >= 0.6 is 0 Å². The quantitative estimate of drug-likeness (QED) is 0.814. The van der Waals surface area contributed by atoms with Gasteiger partial charge in [0.15, 0.2) is 0 Å². The first kappa shape index (κ1) is 17.6. The molecule has 1 amide bonds. The highest BCUT2D eigenvalue weighted by atomic mass is 32.2. The highest BCUT2D eigenvalue weighted by molar-refractivity contribution is 7.86. The molecule has 1 aliphatic rings. The lowest BCUT2D eigenvalue weighted by molar-refractivity contribution is -0.122. The van der Waals surface area contributed by atoms with Gasteiger partial charge in [-0.25, -0.2) is 4.39 Å². The van der Waals surface area contributed by atoms with Crippen molar-refractivity contribution in [1.29, 1.82) is 0 Å². The van der Waals surface area contributed by atoms with Crippen molar-refractivity contribution in [2.45, 2.75) is 12.5 Å². The molecule has 1 atom stereocenters. The topological polar surface area (TPSA) is 79.0 Å². The molecule has 0 bridgehead atoms. The zero-order valence-electron chi connectivity index (χ0n) is 13.2. The molecule has 128 valence electrons. The fraction of sp³-hybridized carbons (Fsp3) is 0.500. The summed E-state index contributed by atoms with van der Waals surface area (Å²) in [6.45, 7) is -0.0698. The Labute approximate surface area is 135 Å². The molecule has 1 N–H and O–H groups in total. The Hall–Kier alpha value is -1.71. The third-order valence-electron chi connectivity index (χ3n) is 3.52. The van der Waals surface area contributed by atoms with Gasteiger partial charge < -0.3 is 10.1 Å². The normalized spacial score (nSPS) is 17.7. The standard InChI is InChI=1S/C14H20FN3O4S/c1-17(2)23(20,21)18(3)8-14(19)16-12-6-10-4-5-11(15)7-13(10)22-9-12/h4-5,7,12H,6,8-9H2,1-3H3,(H,16,19). The number of ether oxygens (including phenoxy) is 1. The summed E-state index contributed by atoms with van der Waals surface area (Å²) in [6, 6.07) is 3.98. The maximum Gasteiger partial charge on any atom is 0.281 e. The zero-order chi connectivity index (χ0) is 17.2. The molecule has 0 saturated carbocycles. The molecular weight excluding hydrogens is 325 g/mol. The van der Waals surface area contributed by atoms with Gasteiger partial charge in [0.2, 0.25) is 5.91 Å². The number of rotatable bonds is 5. The van der Waals surface area contributed by atoms with Crippen LogP contribution in [0.4, 0.5) is 4.39 Å². The van der Waals surface area contributed by atoms with Crippen LogP contribution in [0.25, 0.3) is 0 Å². The van der Waals surface area contributed by atoms with Crippen molar-refractivity contribution in [2.75, 3.05) is 34.3 Å². The third-order valence-corrected chi connectivity index (χ3v) is 5.36. The number of hydrogen-bond acceptors (Lipinski definition) is 4. The van der Waals surface area contributed by atoms with E-state index in [-0.39, 0.29) is 25.0 Å². The summed E-state index contributed by atoms with van der Waals surface area (Å²) >= 11 is 0. The molecule has 7 nitrogen and oxygen atoms in total. The SMILES string of the molecule is CN(C)S(=O)(=O)N(C)CC(=O)NC1COc2cc(F)ccc2C1. The summed E-state index contributed by atoms with van der Waals surface area (Å²) in [5, 5.41) is 2.73. The number of amides is 1. The highest BCUT2D eigenvalue weighted by Gasteiger charge is 2.26. The van der Waals surface area contributed by atoms with Gasteiger partial charge in [-0.2, -0.15) is 17.0 Å². The maximum atomic E-state index is 13.1. The van der Waals surface area contributed by atoms with Gasteiger partial charge in [-0.05, 0) is 18.1 Å². The molecule has 0 aromatic heterocycles. The fourth-order valence-electron chi connectivity index (χ4n) is 2.27. The first-order chi connectivity index (χ1) is 10.7. The zero-order valence-corrected chi connectivity index (χ0v) is 14.1. The molecule has 23 heavy (non-hydrogen) atoms. The highest BCUT2D eigenvalue weighted by Crippen LogP contribution is 2.25. The molecule has 1 unspecified atom stereocenters. The molecule has 1 heterocycles. The van der Waals surface area contributed by atoms with Crippen LogP contribution in [0.5, 0.6) is 5.75 Å². The van der Waals surface area contributed by atoms with E-state index in [1.54, 1.807) is 6.07 Å². The lowest BCUT2D eigenvalue weighted by Crippen LogP contribution is -2.48. The number of benzene rings is 1. The molecule has 2 rings (SSSR count). The summed E-state index contributed by atoms with van der Waals surface area (Å²) in [7, 11) is 0.500. The molecule has 0 fully saturated rings. The van der Waals surface area contributed by atoms with Crippen molar-refractivity contribution in [3.63, 3.8) is 0 Å². The van der Waals surface area contributed by atoms with Gasteiger partial charge in [0, 0.05) is 27.2 Å². The van der Waals surface area contributed by atoms with E-state index < -0.39 is 16.1 Å². The van der Waals surface area contributed by atoms with E-state index in [9.17, 15) is 17.6 Å². The molecular formula is C14H20FN3O4S. The second-order valence-corrected chi connectivity index (χ2v) is 7.83. The van der Waals surface area contributed by atoms with E-state index >= 15 is 0 Å². The van der Waals surface area contributed by atoms with Crippen LogP contribution in [-0.2, 0) is 21.4 Å². The van der Waals surface area contributed by atoms with Gasteiger partial charge in [-0.15, -0.1) is 0 Å². The van der Waals surface area contributed by atoms with Gasteiger partial charge in [0.25, 0.3) is 10.2 Å². The molecule has 1 aromatic rings. The molecule has 0 saturated heterocycles. The van der Waals surface area contributed by atoms with Gasteiger partial charge in [-0.1, -0.05) is 6.07 Å². The summed E-state index contributed by atoms with van der Waals surface area (Å²) in [4.78, 5) is 12.0. The lowest BCUT2D eigenvalue weighted by Gasteiger charge is -2.27. The van der Waals surface area contributed by atoms with Crippen molar-refractivity contribution in [3.8, 4) is 5.75 Å². The van der Waals surface area contributed by atoms with Crippen LogP contribution in [0, 0.1) is 5.82 Å².